The van der Waals surface area contributed by atoms with E-state index < -0.39 is 11.9 Å². The molecular weight excluding hydrogens is 258 g/mol. The fraction of sp³-hybridized carbons (Fsp3) is 0.867. The van der Waals surface area contributed by atoms with Crippen molar-refractivity contribution >= 4 is 11.9 Å². The van der Waals surface area contributed by atoms with Crippen LogP contribution >= 0.6 is 0 Å². The molecule has 116 valence electrons. The number of nitrogens with one attached hydrogen (secondary N) is 1. The molecule has 1 fully saturated rings. The van der Waals surface area contributed by atoms with Gasteiger partial charge in [-0.05, 0) is 25.2 Å². The summed E-state index contributed by atoms with van der Waals surface area (Å²) in [5, 5.41) is 11.8. The van der Waals surface area contributed by atoms with Gasteiger partial charge in [0.2, 0.25) is 5.91 Å². The van der Waals surface area contributed by atoms with Crippen LogP contribution in [0.4, 0.5) is 0 Å². The van der Waals surface area contributed by atoms with E-state index in [2.05, 4.69) is 5.32 Å². The van der Waals surface area contributed by atoms with E-state index in [0.29, 0.717) is 12.3 Å². The molecule has 0 heterocycles. The van der Waals surface area contributed by atoms with Crippen molar-refractivity contribution in [2.24, 2.45) is 11.8 Å². The Hall–Kier alpha value is -1.10. The van der Waals surface area contributed by atoms with Crippen molar-refractivity contribution in [3.63, 3.8) is 0 Å². The highest BCUT2D eigenvalue weighted by molar-refractivity contribution is 5.78. The molecule has 0 saturated heterocycles. The van der Waals surface area contributed by atoms with Gasteiger partial charge in [0.15, 0.2) is 0 Å². The highest BCUT2D eigenvalue weighted by Gasteiger charge is 2.20. The fourth-order valence-corrected chi connectivity index (χ4v) is 2.55. The number of hydrogen-bond donors (Lipinski definition) is 2. The molecule has 5 heteroatoms. The Morgan fingerprint density at radius 2 is 1.90 bits per heavy atom. The first-order valence-electron chi connectivity index (χ1n) is 7.60. The summed E-state index contributed by atoms with van der Waals surface area (Å²) in [5.74, 6) is -1.29. The number of hydrogen-bond acceptors (Lipinski definition) is 3. The molecule has 0 aromatic heterocycles. The van der Waals surface area contributed by atoms with Crippen LogP contribution in [0.25, 0.3) is 0 Å². The molecule has 0 bridgehead atoms. The van der Waals surface area contributed by atoms with E-state index in [1.165, 1.54) is 19.3 Å². The fourth-order valence-electron chi connectivity index (χ4n) is 2.55. The average Bonchev–Trinajstić information content (AvgIpc) is 2.41. The molecular formula is C15H27NO4. The van der Waals surface area contributed by atoms with Gasteiger partial charge in [0.05, 0.1) is 12.0 Å². The normalized spacial score (nSPS) is 17.9. The number of amides is 1. The van der Waals surface area contributed by atoms with Crippen LogP contribution in [0.1, 0.15) is 52.4 Å². The lowest BCUT2D eigenvalue weighted by molar-refractivity contribution is -0.142. The van der Waals surface area contributed by atoms with Gasteiger partial charge in [-0.25, -0.2) is 0 Å². The minimum atomic E-state index is -0.854. The summed E-state index contributed by atoms with van der Waals surface area (Å²) in [5.41, 5.74) is 0. The second kappa shape index (κ2) is 8.95. The second-order valence-electron chi connectivity index (χ2n) is 6.04. The lowest BCUT2D eigenvalue weighted by Crippen LogP contribution is -2.36. The minimum absolute atomic E-state index is 0.0404. The molecule has 2 N–H and O–H groups in total. The van der Waals surface area contributed by atoms with E-state index in [0.717, 1.165) is 12.8 Å². The average molecular weight is 285 g/mol. The monoisotopic (exact) mass is 285 g/mol. The first-order valence-corrected chi connectivity index (χ1v) is 7.60. The summed E-state index contributed by atoms with van der Waals surface area (Å²) in [6.07, 6.45) is 6.40. The van der Waals surface area contributed by atoms with Crippen molar-refractivity contribution in [3.8, 4) is 0 Å². The van der Waals surface area contributed by atoms with Gasteiger partial charge in [-0.1, -0.05) is 33.1 Å². The number of rotatable bonds is 8. The Morgan fingerprint density at radius 3 is 2.45 bits per heavy atom. The van der Waals surface area contributed by atoms with E-state index in [1.54, 1.807) is 0 Å². The summed E-state index contributed by atoms with van der Waals surface area (Å²) in [4.78, 5) is 22.7. The summed E-state index contributed by atoms with van der Waals surface area (Å²) in [6, 6.07) is 0. The predicted octanol–water partition coefficient (Wildman–Crippen LogP) is 2.20. The van der Waals surface area contributed by atoms with E-state index in [9.17, 15) is 9.59 Å². The predicted molar refractivity (Wildman–Crippen MR) is 76.4 cm³/mol. The molecule has 1 aliphatic carbocycles. The number of carbonyl (C=O) groups is 2. The van der Waals surface area contributed by atoms with E-state index in [1.807, 2.05) is 13.8 Å². The molecule has 0 radical (unpaired) electrons. The summed E-state index contributed by atoms with van der Waals surface area (Å²) in [7, 11) is 0. The standard InChI is InChI=1S/C15H27NO4/c1-11(2)8-12(15(18)19)9-16-14(17)10-20-13-6-4-3-5-7-13/h11-13H,3-10H2,1-2H3,(H,16,17)(H,18,19). The molecule has 1 amide bonds. The van der Waals surface area contributed by atoms with Crippen LogP contribution in [-0.4, -0.2) is 36.2 Å². The lowest BCUT2D eigenvalue weighted by atomic mass is 9.97. The maximum Gasteiger partial charge on any atom is 0.308 e. The number of carbonyl (C=O) groups excluding carboxylic acids is 1. The van der Waals surface area contributed by atoms with Crippen LogP contribution in [0.5, 0.6) is 0 Å². The molecule has 20 heavy (non-hydrogen) atoms. The van der Waals surface area contributed by atoms with Gasteiger partial charge in [-0.2, -0.15) is 0 Å². The third-order valence-corrected chi connectivity index (χ3v) is 3.65. The first kappa shape index (κ1) is 17.0. The van der Waals surface area contributed by atoms with Crippen LogP contribution in [0, 0.1) is 11.8 Å². The molecule has 1 rings (SSSR count). The number of carboxylic acid groups (broad SMARTS) is 1. The van der Waals surface area contributed by atoms with Gasteiger partial charge in [-0.15, -0.1) is 0 Å². The van der Waals surface area contributed by atoms with Gasteiger partial charge in [0, 0.05) is 6.54 Å². The van der Waals surface area contributed by atoms with Crippen LogP contribution in [0.15, 0.2) is 0 Å². The number of aliphatic carboxylic acids is 1. The third-order valence-electron chi connectivity index (χ3n) is 3.65. The molecule has 1 unspecified atom stereocenters. The van der Waals surface area contributed by atoms with Crippen LogP contribution in [0.2, 0.25) is 0 Å². The zero-order valence-electron chi connectivity index (χ0n) is 12.6. The SMILES string of the molecule is CC(C)CC(CNC(=O)COC1CCCCC1)C(=O)O. The van der Waals surface area contributed by atoms with Crippen molar-refractivity contribution in [3.05, 3.63) is 0 Å². The highest BCUT2D eigenvalue weighted by atomic mass is 16.5. The molecule has 1 atom stereocenters. The van der Waals surface area contributed by atoms with Gasteiger partial charge in [0.25, 0.3) is 0 Å². The molecule has 0 aromatic carbocycles. The Morgan fingerprint density at radius 1 is 1.25 bits per heavy atom. The Kier molecular flexibility index (Phi) is 7.59. The van der Waals surface area contributed by atoms with Crippen molar-refractivity contribution in [2.75, 3.05) is 13.2 Å². The van der Waals surface area contributed by atoms with Crippen molar-refractivity contribution < 1.29 is 19.4 Å². The topological polar surface area (TPSA) is 75.6 Å². The lowest BCUT2D eigenvalue weighted by Gasteiger charge is -2.22. The quantitative estimate of drug-likeness (QED) is 0.717. The molecule has 5 nitrogen and oxygen atoms in total. The molecule has 0 spiro atoms. The summed E-state index contributed by atoms with van der Waals surface area (Å²) >= 11 is 0. The maximum atomic E-state index is 11.7. The van der Waals surface area contributed by atoms with Crippen molar-refractivity contribution in [2.45, 2.75) is 58.5 Å². The minimum Gasteiger partial charge on any atom is -0.481 e. The first-order chi connectivity index (χ1) is 9.49. The van der Waals surface area contributed by atoms with Crippen LogP contribution in [-0.2, 0) is 14.3 Å². The molecule has 1 saturated carbocycles. The Bertz CT molecular complexity index is 311. The van der Waals surface area contributed by atoms with Crippen LogP contribution in [0.3, 0.4) is 0 Å². The van der Waals surface area contributed by atoms with Gasteiger partial charge < -0.3 is 15.2 Å². The van der Waals surface area contributed by atoms with Gasteiger partial charge >= 0.3 is 5.97 Å². The smallest absolute Gasteiger partial charge is 0.308 e. The Balaban J connectivity index is 2.21. The Labute approximate surface area is 121 Å². The summed E-state index contributed by atoms with van der Waals surface area (Å²) < 4.78 is 5.56. The molecule has 1 aliphatic rings. The highest BCUT2D eigenvalue weighted by Crippen LogP contribution is 2.20. The molecule has 0 aromatic rings. The summed E-state index contributed by atoms with van der Waals surface area (Å²) in [6.45, 7) is 4.17. The second-order valence-corrected chi connectivity index (χ2v) is 6.04. The maximum absolute atomic E-state index is 11.7. The zero-order chi connectivity index (χ0) is 15.0. The van der Waals surface area contributed by atoms with Gasteiger partial charge in [0.1, 0.15) is 6.61 Å². The zero-order valence-corrected chi connectivity index (χ0v) is 12.6. The van der Waals surface area contributed by atoms with Crippen molar-refractivity contribution in [1.29, 1.82) is 0 Å². The van der Waals surface area contributed by atoms with Gasteiger partial charge in [-0.3, -0.25) is 9.59 Å². The number of carboxylic acids is 1. The van der Waals surface area contributed by atoms with E-state index in [-0.39, 0.29) is 25.2 Å². The van der Waals surface area contributed by atoms with E-state index in [4.69, 9.17) is 9.84 Å². The van der Waals surface area contributed by atoms with Crippen molar-refractivity contribution in [1.82, 2.24) is 5.32 Å². The third kappa shape index (κ3) is 6.89. The number of ether oxygens (including phenoxy) is 1. The van der Waals surface area contributed by atoms with Crippen LogP contribution < -0.4 is 5.32 Å². The molecule has 0 aliphatic heterocycles. The van der Waals surface area contributed by atoms with E-state index >= 15 is 0 Å². The largest absolute Gasteiger partial charge is 0.481 e.